The normalized spacial score (nSPS) is 11.6. The first kappa shape index (κ1) is 37.8. The van der Waals surface area contributed by atoms with E-state index < -0.39 is 0 Å². The fraction of sp³-hybridized carbons (Fsp3) is 0. The average Bonchev–Trinajstić information content (AvgIpc) is 3.94. The Morgan fingerprint density at radius 1 is 0.348 bits per heavy atom. The molecule has 5 heterocycles. The molecule has 0 atom stereocenters. The Labute approximate surface area is 383 Å². The average molecular weight is 862 g/mol. The third kappa shape index (κ3) is 6.50. The predicted molar refractivity (Wildman–Crippen MR) is 271 cm³/mol. The number of nitrogens with zero attached hydrogens (tertiary/aromatic N) is 7. The lowest BCUT2D eigenvalue weighted by atomic mass is 10.0. The smallest absolute Gasteiger partial charge is 0.164 e. The summed E-state index contributed by atoms with van der Waals surface area (Å²) >= 11 is 1.62. The van der Waals surface area contributed by atoms with Crippen LogP contribution in [-0.4, -0.2) is 34.5 Å². The highest BCUT2D eigenvalue weighted by Crippen LogP contribution is 2.41. The van der Waals surface area contributed by atoms with E-state index >= 15 is 0 Å². The van der Waals surface area contributed by atoms with Gasteiger partial charge in [-0.05, 0) is 64.9 Å². The summed E-state index contributed by atoms with van der Waals surface area (Å²) in [5.41, 5.74) is 11.9. The summed E-state index contributed by atoms with van der Waals surface area (Å²) in [6.45, 7) is 0. The number of hydrogen-bond donors (Lipinski definition) is 0. The first-order valence-corrected chi connectivity index (χ1v) is 22.7. The number of fused-ring (bicyclic) bond motifs is 7. The number of benzene rings is 8. The molecule has 0 bridgehead atoms. The van der Waals surface area contributed by atoms with Crippen LogP contribution in [0.5, 0.6) is 0 Å². The van der Waals surface area contributed by atoms with Gasteiger partial charge in [0, 0.05) is 61.4 Å². The van der Waals surface area contributed by atoms with Crippen LogP contribution in [0.25, 0.3) is 127 Å². The molecule has 0 aliphatic heterocycles. The molecule has 0 spiro atoms. The molecule has 7 nitrogen and oxygen atoms in total. The molecular formula is C58H35N7S. The van der Waals surface area contributed by atoms with Crippen molar-refractivity contribution in [2.45, 2.75) is 0 Å². The zero-order valence-electron chi connectivity index (χ0n) is 35.2. The Balaban J connectivity index is 0.922. The van der Waals surface area contributed by atoms with Crippen molar-refractivity contribution in [3.05, 3.63) is 212 Å². The molecule has 8 aromatic carbocycles. The van der Waals surface area contributed by atoms with E-state index in [2.05, 4.69) is 174 Å². The first-order chi connectivity index (χ1) is 32.7. The summed E-state index contributed by atoms with van der Waals surface area (Å²) in [5, 5.41) is 5.77. The summed E-state index contributed by atoms with van der Waals surface area (Å²) in [6, 6.07) is 71.5. The van der Waals surface area contributed by atoms with Crippen LogP contribution in [0.15, 0.2) is 212 Å². The fourth-order valence-corrected chi connectivity index (χ4v) is 10.1. The van der Waals surface area contributed by atoms with Crippen molar-refractivity contribution in [3.8, 4) is 73.6 Å². The summed E-state index contributed by atoms with van der Waals surface area (Å²) in [5.74, 6) is 2.45. The minimum absolute atomic E-state index is 0.584. The van der Waals surface area contributed by atoms with Gasteiger partial charge < -0.3 is 4.57 Å². The predicted octanol–water partition coefficient (Wildman–Crippen LogP) is 14.7. The maximum absolute atomic E-state index is 5.32. The van der Waals surface area contributed by atoms with Crippen LogP contribution in [-0.2, 0) is 0 Å². The van der Waals surface area contributed by atoms with E-state index in [-0.39, 0.29) is 0 Å². The molecule has 0 aliphatic carbocycles. The molecule has 0 aliphatic rings. The highest BCUT2D eigenvalue weighted by molar-refractivity contribution is 7.25. The number of para-hydroxylation sites is 2. The van der Waals surface area contributed by atoms with Crippen LogP contribution in [0.3, 0.4) is 0 Å². The van der Waals surface area contributed by atoms with Gasteiger partial charge >= 0.3 is 0 Å². The third-order valence-electron chi connectivity index (χ3n) is 12.3. The van der Waals surface area contributed by atoms with Gasteiger partial charge in [-0.1, -0.05) is 158 Å². The second-order valence-electron chi connectivity index (χ2n) is 16.3. The van der Waals surface area contributed by atoms with E-state index in [1.165, 1.54) is 16.2 Å². The topological polar surface area (TPSA) is 82.3 Å². The van der Waals surface area contributed by atoms with Gasteiger partial charge in [-0.2, -0.15) is 0 Å². The van der Waals surface area contributed by atoms with E-state index in [4.69, 9.17) is 29.9 Å². The maximum atomic E-state index is 5.32. The quantitative estimate of drug-likeness (QED) is 0.159. The molecule has 0 fully saturated rings. The molecule has 0 radical (unpaired) electrons. The van der Waals surface area contributed by atoms with Crippen molar-refractivity contribution in [1.82, 2.24) is 34.5 Å². The van der Waals surface area contributed by atoms with Crippen molar-refractivity contribution in [2.24, 2.45) is 0 Å². The number of thiophene rings is 1. The van der Waals surface area contributed by atoms with Gasteiger partial charge in [0.15, 0.2) is 23.3 Å². The molecule has 13 rings (SSSR count). The minimum Gasteiger partial charge on any atom is -0.309 e. The van der Waals surface area contributed by atoms with E-state index in [1.807, 2.05) is 42.6 Å². The molecule has 0 N–H and O–H groups in total. The zero-order valence-corrected chi connectivity index (χ0v) is 36.1. The van der Waals surface area contributed by atoms with Crippen molar-refractivity contribution < 1.29 is 0 Å². The Bertz CT molecular complexity index is 3920. The summed E-state index contributed by atoms with van der Waals surface area (Å²) in [7, 11) is 0. The SMILES string of the molecule is c1ccc(-c2cnc3sc4c(-c5ccc(-c6nc(-c7ccccc7)nc(-c7ccc(-n8c9ccccc9c9ccccc98)cc7)n6)cc5)nc(-c5ccc6ccccc6c5)nc4c3c2)cc1. The third-order valence-corrected chi connectivity index (χ3v) is 13.4. The number of rotatable bonds is 7. The molecule has 5 aromatic heterocycles. The lowest BCUT2D eigenvalue weighted by Gasteiger charge is -2.11. The van der Waals surface area contributed by atoms with Crippen molar-refractivity contribution in [3.63, 3.8) is 0 Å². The zero-order chi connectivity index (χ0) is 43.6. The molecule has 8 heteroatoms. The number of pyridine rings is 1. The minimum atomic E-state index is 0.584. The van der Waals surface area contributed by atoms with E-state index in [0.29, 0.717) is 23.3 Å². The molecule has 0 unspecified atom stereocenters. The van der Waals surface area contributed by atoms with Gasteiger partial charge in [0.25, 0.3) is 0 Å². The van der Waals surface area contributed by atoms with Crippen LogP contribution in [0.1, 0.15) is 0 Å². The molecule has 308 valence electrons. The lowest BCUT2D eigenvalue weighted by Crippen LogP contribution is -2.00. The van der Waals surface area contributed by atoms with Crippen molar-refractivity contribution in [1.29, 1.82) is 0 Å². The standard InChI is InChI=1S/C58H35N7S/c1-3-13-36(14-4-1)44-34-48-52-53(66-58(48)59-35-44)51(60-57(61-52)43-28-23-37-15-7-8-18-42(37)33-43)38-24-26-40(27-25-38)55-62-54(39-16-5-2-6-17-39)63-56(64-55)41-29-31-45(32-30-41)65-49-21-11-9-19-46(49)47-20-10-12-22-50(47)65/h1-35H. The van der Waals surface area contributed by atoms with Gasteiger partial charge in [0.1, 0.15) is 4.83 Å². The van der Waals surface area contributed by atoms with Crippen LogP contribution in [0, 0.1) is 0 Å². The second kappa shape index (κ2) is 15.5. The van der Waals surface area contributed by atoms with Crippen LogP contribution in [0.4, 0.5) is 0 Å². The summed E-state index contributed by atoms with van der Waals surface area (Å²) in [4.78, 5) is 31.7. The van der Waals surface area contributed by atoms with Gasteiger partial charge in [-0.25, -0.2) is 29.9 Å². The van der Waals surface area contributed by atoms with Crippen molar-refractivity contribution in [2.75, 3.05) is 0 Å². The molecule has 66 heavy (non-hydrogen) atoms. The Hall–Kier alpha value is -8.72. The van der Waals surface area contributed by atoms with Crippen LogP contribution in [0.2, 0.25) is 0 Å². The van der Waals surface area contributed by atoms with E-state index in [0.717, 1.165) is 87.2 Å². The monoisotopic (exact) mass is 861 g/mol. The van der Waals surface area contributed by atoms with Gasteiger partial charge in [0.2, 0.25) is 0 Å². The Morgan fingerprint density at radius 2 is 0.864 bits per heavy atom. The van der Waals surface area contributed by atoms with Crippen molar-refractivity contribution >= 4 is 64.3 Å². The Morgan fingerprint density at radius 3 is 1.53 bits per heavy atom. The van der Waals surface area contributed by atoms with E-state index in [1.54, 1.807) is 11.3 Å². The lowest BCUT2D eigenvalue weighted by molar-refractivity contribution is 1.07. The van der Waals surface area contributed by atoms with Gasteiger partial charge in [-0.3, -0.25) is 0 Å². The molecular weight excluding hydrogens is 827 g/mol. The van der Waals surface area contributed by atoms with E-state index in [9.17, 15) is 0 Å². The molecule has 0 saturated heterocycles. The Kier molecular flexibility index (Phi) is 8.89. The molecule has 0 amide bonds. The van der Waals surface area contributed by atoms with Gasteiger partial charge in [-0.15, -0.1) is 11.3 Å². The number of aromatic nitrogens is 7. The van der Waals surface area contributed by atoms with Crippen LogP contribution >= 0.6 is 11.3 Å². The molecule has 0 saturated carbocycles. The fourth-order valence-electron chi connectivity index (χ4n) is 9.06. The number of hydrogen-bond acceptors (Lipinski definition) is 7. The summed E-state index contributed by atoms with van der Waals surface area (Å²) < 4.78 is 3.30. The molecule has 13 aromatic rings. The first-order valence-electron chi connectivity index (χ1n) is 21.8. The highest BCUT2D eigenvalue weighted by Gasteiger charge is 2.20. The summed E-state index contributed by atoms with van der Waals surface area (Å²) in [6.07, 6.45) is 1.95. The maximum Gasteiger partial charge on any atom is 0.164 e. The largest absolute Gasteiger partial charge is 0.309 e. The van der Waals surface area contributed by atoms with Crippen LogP contribution < -0.4 is 0 Å². The second-order valence-corrected chi connectivity index (χ2v) is 17.3. The highest BCUT2D eigenvalue weighted by atomic mass is 32.1. The van der Waals surface area contributed by atoms with Gasteiger partial charge in [0.05, 0.1) is 26.9 Å².